The molecule has 0 heterocycles. The Balaban J connectivity index is 2.45. The van der Waals surface area contributed by atoms with E-state index in [2.05, 4.69) is 55.0 Å². The topological polar surface area (TPSA) is 38.7 Å². The third-order valence-electron chi connectivity index (χ3n) is 2.37. The molecule has 0 aliphatic rings. The molecule has 0 fully saturated rings. The van der Waals surface area contributed by atoms with Crippen LogP contribution in [-0.4, -0.2) is 11.5 Å². The Hall–Kier alpha value is -1.29. The second-order valence-electron chi connectivity index (χ2n) is 5.05. The summed E-state index contributed by atoms with van der Waals surface area (Å²) in [5.41, 5.74) is 4.27. The SMILES string of the molecule is CC(=O)ON=CSCc1ccc(C(C)(C)C)cc1. The van der Waals surface area contributed by atoms with Crippen LogP contribution in [0.2, 0.25) is 0 Å². The molecule has 0 aliphatic carbocycles. The molecule has 0 radical (unpaired) electrons. The Kier molecular flexibility index (Phi) is 5.41. The highest BCUT2D eigenvalue weighted by Gasteiger charge is 2.12. The first-order valence-electron chi connectivity index (χ1n) is 5.80. The van der Waals surface area contributed by atoms with Gasteiger partial charge in [-0.1, -0.05) is 50.2 Å². The minimum atomic E-state index is -0.401. The van der Waals surface area contributed by atoms with Crippen molar-refractivity contribution < 1.29 is 9.63 Å². The second-order valence-corrected chi connectivity index (χ2v) is 5.88. The Morgan fingerprint density at radius 3 is 2.44 bits per heavy atom. The van der Waals surface area contributed by atoms with Crippen LogP contribution >= 0.6 is 11.8 Å². The molecule has 4 heteroatoms. The van der Waals surface area contributed by atoms with Gasteiger partial charge in [0, 0.05) is 12.7 Å². The zero-order chi connectivity index (χ0) is 13.6. The summed E-state index contributed by atoms with van der Waals surface area (Å²) in [6.07, 6.45) is 0. The number of oxime groups is 1. The van der Waals surface area contributed by atoms with Gasteiger partial charge in [0.15, 0.2) is 0 Å². The van der Waals surface area contributed by atoms with E-state index in [1.807, 2.05) is 0 Å². The summed E-state index contributed by atoms with van der Waals surface area (Å²) in [7, 11) is 0. The van der Waals surface area contributed by atoms with Crippen LogP contribution in [0, 0.1) is 0 Å². The van der Waals surface area contributed by atoms with Gasteiger partial charge in [0.1, 0.15) is 5.55 Å². The first kappa shape index (κ1) is 14.8. The number of hydrogen-bond donors (Lipinski definition) is 0. The lowest BCUT2D eigenvalue weighted by Gasteiger charge is -2.18. The lowest BCUT2D eigenvalue weighted by atomic mass is 9.87. The average Bonchev–Trinajstić information content (AvgIpc) is 2.27. The van der Waals surface area contributed by atoms with E-state index in [1.54, 1.807) is 5.55 Å². The fourth-order valence-electron chi connectivity index (χ4n) is 1.36. The van der Waals surface area contributed by atoms with Crippen molar-refractivity contribution in [2.45, 2.75) is 38.9 Å². The molecular weight excluding hydrogens is 246 g/mol. The summed E-state index contributed by atoms with van der Waals surface area (Å²) in [5.74, 6) is 0.413. The molecule has 0 aliphatic heterocycles. The number of carbonyl (C=O) groups is 1. The molecule has 98 valence electrons. The first-order chi connectivity index (χ1) is 8.39. The Morgan fingerprint density at radius 2 is 1.94 bits per heavy atom. The summed E-state index contributed by atoms with van der Waals surface area (Å²) in [5, 5.41) is 3.53. The van der Waals surface area contributed by atoms with Crippen LogP contribution in [0.5, 0.6) is 0 Å². The molecule has 1 aromatic carbocycles. The van der Waals surface area contributed by atoms with Crippen LogP contribution in [0.1, 0.15) is 38.8 Å². The van der Waals surface area contributed by atoms with E-state index >= 15 is 0 Å². The fraction of sp³-hybridized carbons (Fsp3) is 0.429. The molecule has 1 aromatic rings. The maximum Gasteiger partial charge on any atom is 0.331 e. The quantitative estimate of drug-likeness (QED) is 0.360. The third-order valence-corrected chi connectivity index (χ3v) is 3.10. The Morgan fingerprint density at radius 1 is 1.33 bits per heavy atom. The van der Waals surface area contributed by atoms with Crippen molar-refractivity contribution >= 4 is 23.3 Å². The maximum absolute atomic E-state index is 10.5. The van der Waals surface area contributed by atoms with E-state index in [4.69, 9.17) is 0 Å². The number of benzene rings is 1. The average molecular weight is 265 g/mol. The van der Waals surface area contributed by atoms with Gasteiger partial charge in [0.25, 0.3) is 0 Å². The van der Waals surface area contributed by atoms with Crippen LogP contribution in [0.15, 0.2) is 29.4 Å². The Bertz CT molecular complexity index is 418. The predicted molar refractivity (Wildman–Crippen MR) is 76.7 cm³/mol. The number of hydrogen-bond acceptors (Lipinski definition) is 4. The van der Waals surface area contributed by atoms with Crippen molar-refractivity contribution in [1.82, 2.24) is 0 Å². The van der Waals surface area contributed by atoms with Gasteiger partial charge in [0.05, 0.1) is 0 Å². The fourth-order valence-corrected chi connectivity index (χ4v) is 1.92. The molecule has 0 unspecified atom stereocenters. The van der Waals surface area contributed by atoms with E-state index in [9.17, 15) is 4.79 Å². The molecular formula is C14H19NO2S. The first-order valence-corrected chi connectivity index (χ1v) is 6.85. The second kappa shape index (κ2) is 6.59. The van der Waals surface area contributed by atoms with Crippen molar-refractivity contribution in [3.8, 4) is 0 Å². The molecule has 0 N–H and O–H groups in total. The molecule has 0 saturated carbocycles. The van der Waals surface area contributed by atoms with Crippen LogP contribution < -0.4 is 0 Å². The van der Waals surface area contributed by atoms with E-state index in [0.717, 1.165) is 5.75 Å². The summed E-state index contributed by atoms with van der Waals surface area (Å²) >= 11 is 1.49. The van der Waals surface area contributed by atoms with Crippen molar-refractivity contribution in [3.05, 3.63) is 35.4 Å². The molecule has 18 heavy (non-hydrogen) atoms. The van der Waals surface area contributed by atoms with E-state index in [-0.39, 0.29) is 5.41 Å². The van der Waals surface area contributed by atoms with Crippen LogP contribution in [-0.2, 0) is 20.8 Å². The number of nitrogens with zero attached hydrogens (tertiary/aromatic N) is 1. The largest absolute Gasteiger partial charge is 0.331 e. The van der Waals surface area contributed by atoms with E-state index < -0.39 is 5.97 Å². The van der Waals surface area contributed by atoms with Gasteiger partial charge < -0.3 is 4.84 Å². The van der Waals surface area contributed by atoms with Crippen molar-refractivity contribution in [1.29, 1.82) is 0 Å². The highest BCUT2D eigenvalue weighted by atomic mass is 32.2. The van der Waals surface area contributed by atoms with Crippen LogP contribution in [0.3, 0.4) is 0 Å². The molecule has 0 atom stereocenters. The predicted octanol–water partition coefficient (Wildman–Crippen LogP) is 3.72. The maximum atomic E-state index is 10.5. The van der Waals surface area contributed by atoms with Gasteiger partial charge in [0.2, 0.25) is 0 Å². The summed E-state index contributed by atoms with van der Waals surface area (Å²) in [6.45, 7) is 7.92. The highest BCUT2D eigenvalue weighted by molar-refractivity contribution is 8.11. The molecule has 0 amide bonds. The molecule has 0 spiro atoms. The number of rotatable bonds is 4. The highest BCUT2D eigenvalue weighted by Crippen LogP contribution is 2.23. The number of thioether (sulfide) groups is 1. The summed E-state index contributed by atoms with van der Waals surface area (Å²) in [4.78, 5) is 14.9. The van der Waals surface area contributed by atoms with Crippen molar-refractivity contribution in [2.75, 3.05) is 0 Å². The minimum Gasteiger partial charge on any atom is -0.318 e. The van der Waals surface area contributed by atoms with E-state index in [1.165, 1.54) is 29.8 Å². The monoisotopic (exact) mass is 265 g/mol. The Labute approximate surface area is 113 Å². The van der Waals surface area contributed by atoms with Crippen LogP contribution in [0.4, 0.5) is 0 Å². The van der Waals surface area contributed by atoms with Crippen LogP contribution in [0.25, 0.3) is 0 Å². The van der Waals surface area contributed by atoms with Gasteiger partial charge in [-0.3, -0.25) is 0 Å². The van der Waals surface area contributed by atoms with E-state index in [0.29, 0.717) is 0 Å². The smallest absolute Gasteiger partial charge is 0.318 e. The van der Waals surface area contributed by atoms with Gasteiger partial charge in [-0.05, 0) is 16.5 Å². The lowest BCUT2D eigenvalue weighted by Crippen LogP contribution is -2.10. The summed E-state index contributed by atoms with van der Waals surface area (Å²) < 4.78 is 0. The zero-order valence-electron chi connectivity index (χ0n) is 11.3. The van der Waals surface area contributed by atoms with Gasteiger partial charge in [-0.25, -0.2) is 4.79 Å². The van der Waals surface area contributed by atoms with Crippen molar-refractivity contribution in [2.24, 2.45) is 5.16 Å². The lowest BCUT2D eigenvalue weighted by molar-refractivity contribution is -0.140. The van der Waals surface area contributed by atoms with Gasteiger partial charge in [-0.15, -0.1) is 11.8 Å². The summed E-state index contributed by atoms with van der Waals surface area (Å²) in [6, 6.07) is 8.54. The number of carbonyl (C=O) groups excluding carboxylic acids is 1. The molecule has 3 nitrogen and oxygen atoms in total. The standard InChI is InChI=1S/C14H19NO2S/c1-11(16)17-15-10-18-9-12-5-7-13(8-6-12)14(2,3)4/h5-8,10H,9H2,1-4H3. The van der Waals surface area contributed by atoms with Gasteiger partial charge in [-0.2, -0.15) is 0 Å². The van der Waals surface area contributed by atoms with Crippen molar-refractivity contribution in [3.63, 3.8) is 0 Å². The molecule has 0 saturated heterocycles. The molecule has 0 aromatic heterocycles. The molecule has 1 rings (SSSR count). The third kappa shape index (κ3) is 5.36. The zero-order valence-corrected chi connectivity index (χ0v) is 12.1. The minimum absolute atomic E-state index is 0.183. The van der Waals surface area contributed by atoms with Gasteiger partial charge >= 0.3 is 5.97 Å². The normalized spacial score (nSPS) is 11.8. The molecule has 0 bridgehead atoms.